The van der Waals surface area contributed by atoms with E-state index in [1.165, 1.54) is 43.4 Å². The third-order valence-electron chi connectivity index (χ3n) is 5.79. The van der Waals surface area contributed by atoms with Gasteiger partial charge in [-0.1, -0.05) is 66.7 Å². The summed E-state index contributed by atoms with van der Waals surface area (Å²) in [6.07, 6.45) is 0. The van der Waals surface area contributed by atoms with Crippen LogP contribution in [-0.2, 0) is 0 Å². The van der Waals surface area contributed by atoms with E-state index in [0.717, 1.165) is 10.8 Å². The van der Waals surface area contributed by atoms with E-state index in [1.807, 2.05) is 18.2 Å². The number of benzene rings is 6. The highest BCUT2D eigenvalue weighted by atomic mass is 14.2. The zero-order chi connectivity index (χ0) is 18.7. The first-order valence-corrected chi connectivity index (χ1v) is 9.43. The standard InChI is InChI=1S/C27H15N/c28-16-17-7-8-21-14-22(12-11-20(21)13-17)25-15-23-5-1-3-18-9-10-19-4-2-6-24(25)27(19)26(18)23/h1-15H. The van der Waals surface area contributed by atoms with E-state index in [2.05, 4.69) is 78.9 Å². The maximum atomic E-state index is 9.15. The summed E-state index contributed by atoms with van der Waals surface area (Å²) in [6.45, 7) is 0. The van der Waals surface area contributed by atoms with Crippen molar-refractivity contribution in [2.75, 3.05) is 0 Å². The summed E-state index contributed by atoms with van der Waals surface area (Å²) < 4.78 is 0. The van der Waals surface area contributed by atoms with Crippen LogP contribution in [0.5, 0.6) is 0 Å². The van der Waals surface area contributed by atoms with E-state index < -0.39 is 0 Å². The topological polar surface area (TPSA) is 23.8 Å². The molecule has 1 heteroatoms. The van der Waals surface area contributed by atoms with Gasteiger partial charge in [-0.05, 0) is 78.5 Å². The summed E-state index contributed by atoms with van der Waals surface area (Å²) in [5.74, 6) is 0. The number of hydrogen-bond donors (Lipinski definition) is 0. The van der Waals surface area contributed by atoms with Gasteiger partial charge in [-0.3, -0.25) is 0 Å². The summed E-state index contributed by atoms with van der Waals surface area (Å²) in [6, 6.07) is 34.5. The van der Waals surface area contributed by atoms with Crippen molar-refractivity contribution in [2.45, 2.75) is 0 Å². The first-order valence-electron chi connectivity index (χ1n) is 9.43. The van der Waals surface area contributed by atoms with Crippen molar-refractivity contribution in [1.29, 1.82) is 5.26 Å². The van der Waals surface area contributed by atoms with Crippen LogP contribution in [-0.4, -0.2) is 0 Å². The predicted octanol–water partition coefficient (Wildman–Crippen LogP) is 7.28. The Balaban J connectivity index is 1.72. The van der Waals surface area contributed by atoms with Crippen LogP contribution in [0, 0.1) is 11.3 Å². The third kappa shape index (κ3) is 2.06. The maximum Gasteiger partial charge on any atom is 0.0991 e. The molecule has 0 aliphatic carbocycles. The molecule has 0 radical (unpaired) electrons. The molecule has 0 N–H and O–H groups in total. The Morgan fingerprint density at radius 1 is 0.536 bits per heavy atom. The lowest BCUT2D eigenvalue weighted by Crippen LogP contribution is -1.88. The van der Waals surface area contributed by atoms with Crippen molar-refractivity contribution < 1.29 is 0 Å². The van der Waals surface area contributed by atoms with Gasteiger partial charge in [0.2, 0.25) is 0 Å². The number of rotatable bonds is 1. The molecule has 0 atom stereocenters. The van der Waals surface area contributed by atoms with Crippen LogP contribution in [0.2, 0.25) is 0 Å². The van der Waals surface area contributed by atoms with Crippen LogP contribution in [0.25, 0.3) is 54.2 Å². The first-order chi connectivity index (χ1) is 13.8. The molecule has 128 valence electrons. The Morgan fingerprint density at radius 2 is 1.21 bits per heavy atom. The number of hydrogen-bond acceptors (Lipinski definition) is 1. The summed E-state index contributed by atoms with van der Waals surface area (Å²) in [5.41, 5.74) is 3.15. The molecule has 28 heavy (non-hydrogen) atoms. The summed E-state index contributed by atoms with van der Waals surface area (Å²) in [4.78, 5) is 0. The van der Waals surface area contributed by atoms with Crippen LogP contribution in [0.4, 0.5) is 0 Å². The lowest BCUT2D eigenvalue weighted by Gasteiger charge is -2.15. The second-order valence-electron chi connectivity index (χ2n) is 7.36. The highest BCUT2D eigenvalue weighted by molar-refractivity contribution is 6.26. The zero-order valence-electron chi connectivity index (χ0n) is 15.1. The van der Waals surface area contributed by atoms with Crippen molar-refractivity contribution in [3.63, 3.8) is 0 Å². The molecule has 6 rings (SSSR count). The molecule has 6 aromatic carbocycles. The molecular weight excluding hydrogens is 338 g/mol. The molecule has 0 amide bonds. The third-order valence-corrected chi connectivity index (χ3v) is 5.79. The summed E-state index contributed by atoms with van der Waals surface area (Å²) in [5, 5.41) is 19.2. The van der Waals surface area contributed by atoms with Crippen LogP contribution in [0.3, 0.4) is 0 Å². The van der Waals surface area contributed by atoms with Crippen molar-refractivity contribution >= 4 is 43.1 Å². The Morgan fingerprint density at radius 3 is 2.07 bits per heavy atom. The number of fused-ring (bicyclic) bond motifs is 1. The van der Waals surface area contributed by atoms with Gasteiger partial charge in [0.1, 0.15) is 0 Å². The second kappa shape index (κ2) is 5.55. The van der Waals surface area contributed by atoms with E-state index >= 15 is 0 Å². The highest BCUT2D eigenvalue weighted by Crippen LogP contribution is 2.40. The van der Waals surface area contributed by atoms with Crippen LogP contribution in [0.15, 0.2) is 91.0 Å². The Hall–Kier alpha value is -3.89. The molecule has 0 heterocycles. The Kier molecular flexibility index (Phi) is 3.01. The molecule has 1 nitrogen and oxygen atoms in total. The van der Waals surface area contributed by atoms with Gasteiger partial charge in [-0.2, -0.15) is 5.26 Å². The molecule has 0 aliphatic rings. The quantitative estimate of drug-likeness (QED) is 0.285. The van der Waals surface area contributed by atoms with Crippen molar-refractivity contribution in [1.82, 2.24) is 0 Å². The average Bonchev–Trinajstić information content (AvgIpc) is 2.76. The molecule has 0 aliphatic heterocycles. The highest BCUT2D eigenvalue weighted by Gasteiger charge is 2.13. The molecule has 6 aromatic rings. The normalized spacial score (nSPS) is 11.5. The fraction of sp³-hybridized carbons (Fsp3) is 0. The van der Waals surface area contributed by atoms with E-state index in [-0.39, 0.29) is 0 Å². The van der Waals surface area contributed by atoms with Gasteiger partial charge < -0.3 is 0 Å². The van der Waals surface area contributed by atoms with Gasteiger partial charge >= 0.3 is 0 Å². The monoisotopic (exact) mass is 353 g/mol. The van der Waals surface area contributed by atoms with Gasteiger partial charge in [0.05, 0.1) is 11.6 Å². The Bertz CT molecular complexity index is 1570. The van der Waals surface area contributed by atoms with Crippen LogP contribution < -0.4 is 0 Å². The molecular formula is C27H15N. The van der Waals surface area contributed by atoms with Gasteiger partial charge in [0, 0.05) is 0 Å². The van der Waals surface area contributed by atoms with Crippen molar-refractivity contribution in [3.8, 4) is 17.2 Å². The lowest BCUT2D eigenvalue weighted by atomic mass is 9.88. The average molecular weight is 353 g/mol. The first kappa shape index (κ1) is 15.2. The molecule has 0 aromatic heterocycles. The second-order valence-corrected chi connectivity index (χ2v) is 7.36. The van der Waals surface area contributed by atoms with E-state index in [9.17, 15) is 0 Å². The SMILES string of the molecule is N#Cc1ccc2cc(-c3cc4cccc5ccc6cccc3c6c54)ccc2c1. The Labute approximate surface area is 162 Å². The molecule has 0 saturated heterocycles. The largest absolute Gasteiger partial charge is 0.192 e. The van der Waals surface area contributed by atoms with Gasteiger partial charge in [0.15, 0.2) is 0 Å². The van der Waals surface area contributed by atoms with E-state index in [4.69, 9.17) is 5.26 Å². The zero-order valence-corrected chi connectivity index (χ0v) is 15.1. The molecule has 0 unspecified atom stereocenters. The van der Waals surface area contributed by atoms with E-state index in [1.54, 1.807) is 0 Å². The van der Waals surface area contributed by atoms with Crippen molar-refractivity contribution in [2.24, 2.45) is 0 Å². The summed E-state index contributed by atoms with van der Waals surface area (Å²) >= 11 is 0. The minimum atomic E-state index is 0.697. The smallest absolute Gasteiger partial charge is 0.0991 e. The molecule has 0 bridgehead atoms. The van der Waals surface area contributed by atoms with Crippen LogP contribution >= 0.6 is 0 Å². The van der Waals surface area contributed by atoms with Crippen LogP contribution in [0.1, 0.15) is 5.56 Å². The van der Waals surface area contributed by atoms with Gasteiger partial charge in [-0.15, -0.1) is 0 Å². The van der Waals surface area contributed by atoms with Gasteiger partial charge in [0.25, 0.3) is 0 Å². The fourth-order valence-corrected chi connectivity index (χ4v) is 4.48. The molecule has 0 fully saturated rings. The molecule has 0 spiro atoms. The van der Waals surface area contributed by atoms with Crippen molar-refractivity contribution in [3.05, 3.63) is 96.6 Å². The van der Waals surface area contributed by atoms with E-state index in [0.29, 0.717) is 5.56 Å². The predicted molar refractivity (Wildman–Crippen MR) is 118 cm³/mol. The number of nitriles is 1. The lowest BCUT2D eigenvalue weighted by molar-refractivity contribution is 1.50. The van der Waals surface area contributed by atoms with Gasteiger partial charge in [-0.25, -0.2) is 0 Å². The molecule has 0 saturated carbocycles. The minimum Gasteiger partial charge on any atom is -0.192 e. The summed E-state index contributed by atoms with van der Waals surface area (Å²) in [7, 11) is 0. The fourth-order valence-electron chi connectivity index (χ4n) is 4.48. The number of nitrogens with zero attached hydrogens (tertiary/aromatic N) is 1. The minimum absolute atomic E-state index is 0.697. The maximum absolute atomic E-state index is 9.15.